The van der Waals surface area contributed by atoms with Crippen molar-refractivity contribution >= 4 is 37.9 Å². The largest absolute Gasteiger partial charge is 0.247 e. The van der Waals surface area contributed by atoms with Gasteiger partial charge in [0.05, 0.1) is 0 Å². The molecule has 0 bridgehead atoms. The predicted molar refractivity (Wildman–Crippen MR) is 236 cm³/mol. The second-order valence-corrected chi connectivity index (χ2v) is 17.1. The Labute approximate surface area is 334 Å². The van der Waals surface area contributed by atoms with Crippen molar-refractivity contribution < 1.29 is 0 Å². The quantitative estimate of drug-likeness (QED) is 0.145. The molecular formula is C55H40N2. The van der Waals surface area contributed by atoms with Crippen LogP contribution >= 0.6 is 0 Å². The second-order valence-electron chi connectivity index (χ2n) is 17.1. The summed E-state index contributed by atoms with van der Waals surface area (Å²) in [5.74, 6) is 14.8. The molecule has 0 saturated heterocycles. The SMILES string of the molecule is CC1C=CC=C2C(C#Cc3nccc4ccccc34)=CC3=C(c4cc5c(cc4C3(C)C)-c3c(cc(C#Cc4nccc6ccccc46)c4ccccc34)C5(C)C)C21. The van der Waals surface area contributed by atoms with E-state index in [-0.39, 0.29) is 16.7 Å². The van der Waals surface area contributed by atoms with Crippen LogP contribution in [0.15, 0.2) is 157 Å². The van der Waals surface area contributed by atoms with E-state index in [1.807, 2.05) is 18.5 Å². The molecular weight excluding hydrogens is 689 g/mol. The fourth-order valence-corrected chi connectivity index (χ4v) is 10.2. The maximum Gasteiger partial charge on any atom is 0.121 e. The van der Waals surface area contributed by atoms with Crippen molar-refractivity contribution in [2.75, 3.05) is 0 Å². The molecule has 0 fully saturated rings. The first-order valence-electron chi connectivity index (χ1n) is 20.0. The highest BCUT2D eigenvalue weighted by molar-refractivity contribution is 6.06. The third-order valence-corrected chi connectivity index (χ3v) is 13.2. The molecule has 5 aromatic carbocycles. The highest BCUT2D eigenvalue weighted by Gasteiger charge is 2.47. The summed E-state index contributed by atoms with van der Waals surface area (Å²) in [5, 5.41) is 6.90. The van der Waals surface area contributed by atoms with Gasteiger partial charge in [0.2, 0.25) is 0 Å². The van der Waals surface area contributed by atoms with Gasteiger partial charge in [0.15, 0.2) is 0 Å². The molecule has 4 aliphatic carbocycles. The Bertz CT molecular complexity index is 3200. The zero-order chi connectivity index (χ0) is 38.6. The smallest absolute Gasteiger partial charge is 0.121 e. The Morgan fingerprint density at radius 1 is 0.579 bits per heavy atom. The van der Waals surface area contributed by atoms with Crippen molar-refractivity contribution in [3.05, 3.63) is 196 Å². The fraction of sp³-hybridized carbons (Fsp3) is 0.164. The molecule has 7 aromatic rings. The van der Waals surface area contributed by atoms with Crippen molar-refractivity contribution in [3.63, 3.8) is 0 Å². The van der Waals surface area contributed by atoms with Crippen LogP contribution in [0.2, 0.25) is 0 Å². The van der Waals surface area contributed by atoms with Gasteiger partial charge >= 0.3 is 0 Å². The van der Waals surface area contributed by atoms with Crippen LogP contribution < -0.4 is 0 Å². The lowest BCUT2D eigenvalue weighted by atomic mass is 9.68. The van der Waals surface area contributed by atoms with Crippen LogP contribution in [0, 0.1) is 35.5 Å². The number of allylic oxidation sites excluding steroid dienone is 8. The minimum atomic E-state index is -0.228. The van der Waals surface area contributed by atoms with Crippen molar-refractivity contribution in [3.8, 4) is 34.8 Å². The summed E-state index contributed by atoms with van der Waals surface area (Å²) in [6.45, 7) is 12.0. The molecule has 2 nitrogen and oxygen atoms in total. The molecule has 4 aliphatic rings. The Balaban J connectivity index is 1.07. The normalized spacial score (nSPS) is 19.0. The summed E-state index contributed by atoms with van der Waals surface area (Å²) >= 11 is 0. The molecule has 0 aliphatic heterocycles. The van der Waals surface area contributed by atoms with E-state index in [2.05, 4.69) is 180 Å². The van der Waals surface area contributed by atoms with E-state index in [4.69, 9.17) is 9.97 Å². The molecule has 2 aromatic heterocycles. The zero-order valence-electron chi connectivity index (χ0n) is 32.8. The maximum atomic E-state index is 4.71. The average molecular weight is 729 g/mol. The average Bonchev–Trinajstić information content (AvgIpc) is 3.59. The van der Waals surface area contributed by atoms with E-state index in [1.54, 1.807) is 0 Å². The van der Waals surface area contributed by atoms with Crippen molar-refractivity contribution in [2.45, 2.75) is 45.4 Å². The summed E-state index contributed by atoms with van der Waals surface area (Å²) in [4.78, 5) is 9.40. The van der Waals surface area contributed by atoms with Crippen LogP contribution in [0.1, 0.15) is 73.8 Å². The van der Waals surface area contributed by atoms with Gasteiger partial charge in [0.1, 0.15) is 11.4 Å². The number of rotatable bonds is 0. The molecule has 2 heteroatoms. The molecule has 0 saturated carbocycles. The van der Waals surface area contributed by atoms with Gasteiger partial charge < -0.3 is 0 Å². The molecule has 11 rings (SSSR count). The van der Waals surface area contributed by atoms with E-state index in [0.29, 0.717) is 5.92 Å². The summed E-state index contributed by atoms with van der Waals surface area (Å²) in [6.07, 6.45) is 13.0. The minimum absolute atomic E-state index is 0.212. The fourth-order valence-electron chi connectivity index (χ4n) is 10.2. The van der Waals surface area contributed by atoms with Gasteiger partial charge in [0.25, 0.3) is 0 Å². The predicted octanol–water partition coefficient (Wildman–Crippen LogP) is 12.4. The first kappa shape index (κ1) is 33.6. The molecule has 0 N–H and O–H groups in total. The Morgan fingerprint density at radius 2 is 1.18 bits per heavy atom. The summed E-state index contributed by atoms with van der Waals surface area (Å²) in [7, 11) is 0. The molecule has 0 radical (unpaired) electrons. The van der Waals surface area contributed by atoms with Gasteiger partial charge in [0, 0.05) is 51.1 Å². The molecule has 0 spiro atoms. The summed E-state index contributed by atoms with van der Waals surface area (Å²) in [5.41, 5.74) is 15.7. The number of pyridine rings is 2. The highest BCUT2D eigenvalue weighted by Crippen LogP contribution is 2.60. The van der Waals surface area contributed by atoms with Crippen molar-refractivity contribution in [1.82, 2.24) is 9.97 Å². The van der Waals surface area contributed by atoms with E-state index in [9.17, 15) is 0 Å². The number of fused-ring (bicyclic) bond motifs is 11. The zero-order valence-corrected chi connectivity index (χ0v) is 32.8. The molecule has 270 valence electrons. The van der Waals surface area contributed by atoms with Crippen molar-refractivity contribution in [2.24, 2.45) is 11.8 Å². The lowest BCUT2D eigenvalue weighted by Crippen LogP contribution is -2.23. The maximum absolute atomic E-state index is 4.71. The summed E-state index contributed by atoms with van der Waals surface area (Å²) < 4.78 is 0. The van der Waals surface area contributed by atoms with Gasteiger partial charge in [-0.1, -0.05) is 137 Å². The van der Waals surface area contributed by atoms with Crippen LogP contribution in [-0.2, 0) is 10.8 Å². The Kier molecular flexibility index (Phi) is 7.15. The lowest BCUT2D eigenvalue weighted by molar-refractivity contribution is 0.584. The standard InChI is InChI=1S/C55H40N2/c1-33-13-12-20-41-37(22-24-50-40-18-9-7-15-35(40)26-28-57-50)30-48-53(51(33)41)44-32-45-43(31-46(44)55(48,4)5)52-42-19-11-10-16-38(42)36(29-47(52)54(45,2)3)21-23-49-39-17-8-6-14-34(39)25-27-56-49/h6-20,25-33,51H,1-5H3. The first-order chi connectivity index (χ1) is 27.7. The Hall–Kier alpha value is -6.74. The van der Waals surface area contributed by atoms with Crippen LogP contribution in [-0.4, -0.2) is 9.97 Å². The first-order valence-corrected chi connectivity index (χ1v) is 20.0. The number of aromatic nitrogens is 2. The van der Waals surface area contributed by atoms with Gasteiger partial charge in [-0.3, -0.25) is 0 Å². The lowest BCUT2D eigenvalue weighted by Gasteiger charge is -2.34. The van der Waals surface area contributed by atoms with E-state index in [0.717, 1.165) is 44.1 Å². The third kappa shape index (κ3) is 4.87. The van der Waals surface area contributed by atoms with Crippen LogP contribution in [0.25, 0.3) is 49.0 Å². The summed E-state index contributed by atoms with van der Waals surface area (Å²) in [6, 6.07) is 37.1. The van der Waals surface area contributed by atoms with Gasteiger partial charge in [-0.15, -0.1) is 0 Å². The molecule has 57 heavy (non-hydrogen) atoms. The van der Waals surface area contributed by atoms with Gasteiger partial charge in [-0.2, -0.15) is 0 Å². The van der Waals surface area contributed by atoms with E-state index >= 15 is 0 Å². The molecule has 2 atom stereocenters. The number of hydrogen-bond acceptors (Lipinski definition) is 2. The highest BCUT2D eigenvalue weighted by atomic mass is 14.7. The van der Waals surface area contributed by atoms with Crippen LogP contribution in [0.4, 0.5) is 0 Å². The topological polar surface area (TPSA) is 25.8 Å². The van der Waals surface area contributed by atoms with Crippen molar-refractivity contribution in [1.29, 1.82) is 0 Å². The number of hydrogen-bond donors (Lipinski definition) is 0. The molecule has 2 unspecified atom stereocenters. The molecule has 0 amide bonds. The third-order valence-electron chi connectivity index (χ3n) is 13.2. The Morgan fingerprint density at radius 3 is 1.88 bits per heavy atom. The minimum Gasteiger partial charge on any atom is -0.247 e. The van der Waals surface area contributed by atoms with Gasteiger partial charge in [-0.25, -0.2) is 9.97 Å². The van der Waals surface area contributed by atoms with E-state index in [1.165, 1.54) is 60.9 Å². The van der Waals surface area contributed by atoms with Crippen LogP contribution in [0.3, 0.4) is 0 Å². The second kappa shape index (κ2) is 12.1. The molecule has 2 heterocycles. The van der Waals surface area contributed by atoms with Crippen LogP contribution in [0.5, 0.6) is 0 Å². The van der Waals surface area contributed by atoms with E-state index < -0.39 is 0 Å². The number of benzene rings is 5. The monoisotopic (exact) mass is 728 g/mol. The van der Waals surface area contributed by atoms with Gasteiger partial charge in [-0.05, 0) is 126 Å². The number of nitrogens with zero attached hydrogens (tertiary/aromatic N) is 2.